The highest BCUT2D eigenvalue weighted by Crippen LogP contribution is 2.39. The number of nitrogens with zero attached hydrogens (tertiary/aromatic N) is 1. The first-order valence-corrected chi connectivity index (χ1v) is 8.78. The lowest BCUT2D eigenvalue weighted by molar-refractivity contribution is -0.114. The quantitative estimate of drug-likeness (QED) is 0.710. The van der Waals surface area contributed by atoms with E-state index < -0.39 is 0 Å². The van der Waals surface area contributed by atoms with Crippen molar-refractivity contribution >= 4 is 23.2 Å². The first-order valence-electron chi connectivity index (χ1n) is 8.78. The zero-order valence-electron chi connectivity index (χ0n) is 16.0. The van der Waals surface area contributed by atoms with Gasteiger partial charge in [-0.05, 0) is 69.2 Å². The largest absolute Gasteiger partial charge is 0.497 e. The first kappa shape index (κ1) is 18.0. The van der Waals surface area contributed by atoms with E-state index in [2.05, 4.69) is 45.9 Å². The molecule has 0 aliphatic carbocycles. The Kier molecular flexibility index (Phi) is 4.73. The van der Waals surface area contributed by atoms with Crippen molar-refractivity contribution in [3.8, 4) is 5.75 Å². The Morgan fingerprint density at radius 2 is 1.77 bits per heavy atom. The highest BCUT2D eigenvalue weighted by atomic mass is 16.5. The second-order valence-electron chi connectivity index (χ2n) is 7.28. The molecule has 1 aliphatic rings. The van der Waals surface area contributed by atoms with Crippen LogP contribution < -0.4 is 9.64 Å². The molecule has 26 heavy (non-hydrogen) atoms. The van der Waals surface area contributed by atoms with Crippen molar-refractivity contribution in [3.63, 3.8) is 0 Å². The second kappa shape index (κ2) is 6.83. The van der Waals surface area contributed by atoms with Crippen LogP contribution in [-0.2, 0) is 4.79 Å². The van der Waals surface area contributed by atoms with Crippen molar-refractivity contribution in [2.24, 2.45) is 0 Å². The van der Waals surface area contributed by atoms with Gasteiger partial charge in [0.2, 0.25) is 0 Å². The van der Waals surface area contributed by atoms with E-state index in [0.717, 1.165) is 22.6 Å². The summed E-state index contributed by atoms with van der Waals surface area (Å²) in [5, 5.41) is 0. The van der Waals surface area contributed by atoms with Crippen molar-refractivity contribution in [1.29, 1.82) is 0 Å². The van der Waals surface area contributed by atoms with Crippen LogP contribution >= 0.6 is 0 Å². The molecule has 1 heterocycles. The van der Waals surface area contributed by atoms with E-state index in [0.29, 0.717) is 0 Å². The zero-order chi connectivity index (χ0) is 18.9. The fourth-order valence-electron chi connectivity index (χ4n) is 3.50. The number of allylic oxidation sites excluding steroid dienone is 1. The van der Waals surface area contributed by atoms with E-state index in [1.165, 1.54) is 11.1 Å². The van der Waals surface area contributed by atoms with Crippen LogP contribution in [0.4, 0.5) is 5.69 Å². The lowest BCUT2D eigenvalue weighted by Crippen LogP contribution is -2.48. The lowest BCUT2D eigenvalue weighted by atomic mass is 9.88. The normalized spacial score (nSPS) is 15.6. The summed E-state index contributed by atoms with van der Waals surface area (Å²) in [4.78, 5) is 14.9. The highest BCUT2D eigenvalue weighted by Gasteiger charge is 2.34. The Morgan fingerprint density at radius 3 is 2.42 bits per heavy atom. The second-order valence-corrected chi connectivity index (χ2v) is 7.28. The summed E-state index contributed by atoms with van der Waals surface area (Å²) >= 11 is 0. The van der Waals surface area contributed by atoms with Crippen LogP contribution in [0, 0.1) is 6.92 Å². The van der Waals surface area contributed by atoms with E-state index in [1.807, 2.05) is 41.3 Å². The molecule has 134 valence electrons. The Bertz CT molecular complexity index is 889. The third-order valence-corrected chi connectivity index (χ3v) is 4.72. The van der Waals surface area contributed by atoms with Crippen LogP contribution in [0.15, 0.2) is 54.6 Å². The van der Waals surface area contributed by atoms with Gasteiger partial charge in [-0.2, -0.15) is 0 Å². The molecule has 0 aromatic heterocycles. The molecule has 0 N–H and O–H groups in total. The van der Waals surface area contributed by atoms with E-state index in [1.54, 1.807) is 13.2 Å². The molecule has 0 atom stereocenters. The zero-order valence-corrected chi connectivity index (χ0v) is 16.0. The number of anilines is 1. The molecule has 0 saturated heterocycles. The predicted molar refractivity (Wildman–Crippen MR) is 108 cm³/mol. The maximum absolute atomic E-state index is 13.0. The van der Waals surface area contributed by atoms with Crippen molar-refractivity contribution in [2.75, 3.05) is 12.0 Å². The minimum absolute atomic E-state index is 0.0281. The van der Waals surface area contributed by atoms with Crippen molar-refractivity contribution in [2.45, 2.75) is 33.2 Å². The van der Waals surface area contributed by atoms with Crippen LogP contribution in [0.2, 0.25) is 0 Å². The molecule has 3 heteroatoms. The number of amides is 1. The number of aryl methyl sites for hydroxylation is 1. The van der Waals surface area contributed by atoms with E-state index >= 15 is 0 Å². The van der Waals surface area contributed by atoms with Crippen molar-refractivity contribution in [1.82, 2.24) is 0 Å². The van der Waals surface area contributed by atoms with Gasteiger partial charge in [0.05, 0.1) is 18.3 Å². The van der Waals surface area contributed by atoms with Gasteiger partial charge in [0.25, 0.3) is 5.91 Å². The molecule has 3 rings (SSSR count). The number of ether oxygens (including phenoxy) is 1. The third kappa shape index (κ3) is 3.43. The lowest BCUT2D eigenvalue weighted by Gasteiger charge is -2.41. The molecule has 0 radical (unpaired) electrons. The fraction of sp³-hybridized carbons (Fsp3) is 0.261. The maximum Gasteiger partial charge on any atom is 0.251 e. The fourth-order valence-corrected chi connectivity index (χ4v) is 3.50. The minimum Gasteiger partial charge on any atom is -0.497 e. The standard InChI is InChI=1S/C23H25NO2/c1-16-6-12-21-20(14-16)17(2)15-23(3,4)24(21)22(25)13-9-18-7-10-19(26-5)11-8-18/h6-15H,1-5H3. The first-order chi connectivity index (χ1) is 12.3. The highest BCUT2D eigenvalue weighted by molar-refractivity contribution is 6.08. The van der Waals surface area contributed by atoms with E-state index in [-0.39, 0.29) is 11.4 Å². The molecule has 1 aliphatic heterocycles. The molecule has 0 bridgehead atoms. The van der Waals surface area contributed by atoms with Gasteiger partial charge in [-0.25, -0.2) is 0 Å². The predicted octanol–water partition coefficient (Wildman–Crippen LogP) is 5.25. The van der Waals surface area contributed by atoms with Crippen molar-refractivity contribution in [3.05, 3.63) is 71.3 Å². The van der Waals surface area contributed by atoms with Gasteiger partial charge in [-0.3, -0.25) is 9.69 Å². The molecule has 3 nitrogen and oxygen atoms in total. The smallest absolute Gasteiger partial charge is 0.251 e. The minimum atomic E-state index is -0.381. The number of methoxy groups -OCH3 is 1. The molecule has 2 aromatic rings. The molecule has 1 amide bonds. The topological polar surface area (TPSA) is 29.5 Å². The summed E-state index contributed by atoms with van der Waals surface area (Å²) in [6.45, 7) is 8.31. The Morgan fingerprint density at radius 1 is 1.08 bits per heavy atom. The van der Waals surface area contributed by atoms with Gasteiger partial charge in [-0.1, -0.05) is 29.8 Å². The maximum atomic E-state index is 13.0. The number of hydrogen-bond donors (Lipinski definition) is 0. The number of fused-ring (bicyclic) bond motifs is 1. The molecule has 0 unspecified atom stereocenters. The summed E-state index contributed by atoms with van der Waals surface area (Å²) in [7, 11) is 1.64. The SMILES string of the molecule is COc1ccc(C=CC(=O)N2c3ccc(C)cc3C(C)=CC2(C)C)cc1. The van der Waals surface area contributed by atoms with E-state index in [9.17, 15) is 4.79 Å². The summed E-state index contributed by atoms with van der Waals surface area (Å²) in [5.41, 5.74) is 5.06. The van der Waals surface area contributed by atoms with Gasteiger partial charge in [0.15, 0.2) is 0 Å². The summed E-state index contributed by atoms with van der Waals surface area (Å²) in [6, 6.07) is 13.9. The number of carbonyl (C=O) groups is 1. The van der Waals surface area contributed by atoms with E-state index in [4.69, 9.17) is 4.74 Å². The number of carbonyl (C=O) groups excluding carboxylic acids is 1. The Labute approximate surface area is 155 Å². The summed E-state index contributed by atoms with van der Waals surface area (Å²) in [6.07, 6.45) is 5.65. The van der Waals surface area contributed by atoms with Crippen LogP contribution in [0.3, 0.4) is 0 Å². The van der Waals surface area contributed by atoms with Crippen LogP contribution in [0.1, 0.15) is 37.5 Å². The van der Waals surface area contributed by atoms with Gasteiger partial charge < -0.3 is 4.74 Å². The monoisotopic (exact) mass is 347 g/mol. The number of benzene rings is 2. The molecule has 0 saturated carbocycles. The third-order valence-electron chi connectivity index (χ3n) is 4.72. The average Bonchev–Trinajstić information content (AvgIpc) is 2.60. The molecular formula is C23H25NO2. The Hall–Kier alpha value is -2.81. The van der Waals surface area contributed by atoms with Crippen molar-refractivity contribution < 1.29 is 9.53 Å². The van der Waals surface area contributed by atoms with Gasteiger partial charge >= 0.3 is 0 Å². The Balaban J connectivity index is 1.93. The molecule has 0 spiro atoms. The van der Waals surface area contributed by atoms with Gasteiger partial charge in [-0.15, -0.1) is 0 Å². The number of hydrogen-bond acceptors (Lipinski definition) is 2. The average molecular weight is 347 g/mol. The summed E-state index contributed by atoms with van der Waals surface area (Å²) < 4.78 is 5.17. The van der Waals surface area contributed by atoms with Gasteiger partial charge in [0, 0.05) is 11.6 Å². The van der Waals surface area contributed by atoms with Gasteiger partial charge in [0.1, 0.15) is 5.75 Å². The molecule has 0 fully saturated rings. The number of rotatable bonds is 3. The molecule has 2 aromatic carbocycles. The van der Waals surface area contributed by atoms with Crippen LogP contribution in [0.5, 0.6) is 5.75 Å². The molecular weight excluding hydrogens is 322 g/mol. The van der Waals surface area contributed by atoms with Crippen LogP contribution in [0.25, 0.3) is 11.6 Å². The summed E-state index contributed by atoms with van der Waals surface area (Å²) in [5.74, 6) is 0.773. The van der Waals surface area contributed by atoms with Crippen LogP contribution in [-0.4, -0.2) is 18.6 Å².